The lowest BCUT2D eigenvalue weighted by Gasteiger charge is -2.12. The van der Waals surface area contributed by atoms with Crippen molar-refractivity contribution in [2.45, 2.75) is 20.8 Å². The topological polar surface area (TPSA) is 22.1 Å². The molecule has 0 aliphatic heterocycles. The highest BCUT2D eigenvalue weighted by Crippen LogP contribution is 2.30. The molecule has 0 aliphatic carbocycles. The van der Waals surface area contributed by atoms with Crippen molar-refractivity contribution < 1.29 is 4.74 Å². The van der Waals surface area contributed by atoms with Crippen molar-refractivity contribution >= 4 is 11.6 Å². The quantitative estimate of drug-likeness (QED) is 0.732. The van der Waals surface area contributed by atoms with Crippen molar-refractivity contribution in [1.29, 1.82) is 0 Å². The van der Waals surface area contributed by atoms with E-state index < -0.39 is 0 Å². The molecule has 2 aromatic rings. The summed E-state index contributed by atoms with van der Waals surface area (Å²) in [4.78, 5) is 4.12. The van der Waals surface area contributed by atoms with Crippen molar-refractivity contribution in [2.24, 2.45) is 0 Å². The number of ether oxygens (including phenoxy) is 1. The second kappa shape index (κ2) is 4.76. The number of nitrogens with zero attached hydrogens (tertiary/aromatic N) is 1. The highest BCUT2D eigenvalue weighted by Gasteiger charge is 2.08. The van der Waals surface area contributed by atoms with Crippen LogP contribution in [0.5, 0.6) is 11.6 Å². The zero-order valence-corrected chi connectivity index (χ0v) is 10.9. The van der Waals surface area contributed by atoms with E-state index in [1.165, 1.54) is 5.56 Å². The number of aryl methyl sites for hydroxylation is 2. The molecule has 0 saturated heterocycles. The third-order valence-corrected chi connectivity index (χ3v) is 2.98. The molecule has 0 aliphatic rings. The highest BCUT2D eigenvalue weighted by atomic mass is 35.5. The number of halogens is 1. The fourth-order valence-corrected chi connectivity index (χ4v) is 1.79. The molecule has 1 aromatic heterocycles. The summed E-state index contributed by atoms with van der Waals surface area (Å²) in [5.41, 5.74) is 3.43. The van der Waals surface area contributed by atoms with E-state index >= 15 is 0 Å². The molecule has 0 radical (unpaired) electrons. The maximum absolute atomic E-state index is 5.83. The van der Waals surface area contributed by atoms with Crippen LogP contribution in [0.3, 0.4) is 0 Å². The van der Waals surface area contributed by atoms with Gasteiger partial charge in [-0.05, 0) is 43.5 Å². The number of pyridine rings is 1. The van der Waals surface area contributed by atoms with Crippen LogP contribution in [0.1, 0.15) is 16.7 Å². The van der Waals surface area contributed by atoms with E-state index in [0.717, 1.165) is 16.9 Å². The van der Waals surface area contributed by atoms with Crippen molar-refractivity contribution in [1.82, 2.24) is 4.98 Å². The molecule has 17 heavy (non-hydrogen) atoms. The van der Waals surface area contributed by atoms with Crippen LogP contribution in [0.25, 0.3) is 0 Å². The Labute approximate surface area is 106 Å². The standard InChI is InChI=1S/C14H14ClNO/c1-9-7-8-10(2)14(11(9)3)17-13-6-4-5-12(15)16-13/h4-8H,1-3H3. The summed E-state index contributed by atoms with van der Waals surface area (Å²) in [7, 11) is 0. The highest BCUT2D eigenvalue weighted by molar-refractivity contribution is 6.29. The van der Waals surface area contributed by atoms with Gasteiger partial charge in [-0.2, -0.15) is 0 Å². The molecule has 2 nitrogen and oxygen atoms in total. The van der Waals surface area contributed by atoms with Crippen molar-refractivity contribution in [2.75, 3.05) is 0 Å². The third kappa shape index (κ3) is 2.59. The minimum Gasteiger partial charge on any atom is -0.438 e. The Morgan fingerprint density at radius 3 is 2.41 bits per heavy atom. The maximum Gasteiger partial charge on any atom is 0.220 e. The maximum atomic E-state index is 5.83. The molecule has 88 valence electrons. The Morgan fingerprint density at radius 2 is 1.71 bits per heavy atom. The molecule has 0 fully saturated rings. The molecule has 1 aromatic carbocycles. The first kappa shape index (κ1) is 11.9. The average Bonchev–Trinajstić information content (AvgIpc) is 2.30. The zero-order valence-electron chi connectivity index (χ0n) is 10.1. The van der Waals surface area contributed by atoms with Gasteiger partial charge in [-0.1, -0.05) is 29.8 Å². The van der Waals surface area contributed by atoms with Crippen LogP contribution in [0.15, 0.2) is 30.3 Å². The molecular weight excluding hydrogens is 234 g/mol. The molecule has 0 atom stereocenters. The van der Waals surface area contributed by atoms with Crippen LogP contribution in [0.2, 0.25) is 5.15 Å². The van der Waals surface area contributed by atoms with Gasteiger partial charge in [0.25, 0.3) is 0 Å². The molecule has 2 rings (SSSR count). The average molecular weight is 248 g/mol. The van der Waals surface area contributed by atoms with Gasteiger partial charge in [0.2, 0.25) is 5.88 Å². The monoisotopic (exact) mass is 247 g/mol. The minimum absolute atomic E-state index is 0.436. The summed E-state index contributed by atoms with van der Waals surface area (Å²) in [5, 5.41) is 0.436. The van der Waals surface area contributed by atoms with Crippen molar-refractivity contribution in [3.8, 4) is 11.6 Å². The molecule has 0 amide bonds. The lowest BCUT2D eigenvalue weighted by atomic mass is 10.1. The van der Waals surface area contributed by atoms with Gasteiger partial charge >= 0.3 is 0 Å². The van der Waals surface area contributed by atoms with Gasteiger partial charge < -0.3 is 4.74 Å². The van der Waals surface area contributed by atoms with Gasteiger partial charge in [0.05, 0.1) is 0 Å². The molecule has 3 heteroatoms. The van der Waals surface area contributed by atoms with Crippen molar-refractivity contribution in [3.05, 3.63) is 52.2 Å². The van der Waals surface area contributed by atoms with Crippen molar-refractivity contribution in [3.63, 3.8) is 0 Å². The van der Waals surface area contributed by atoms with E-state index in [4.69, 9.17) is 16.3 Å². The van der Waals surface area contributed by atoms with Crippen LogP contribution in [0.4, 0.5) is 0 Å². The Balaban J connectivity index is 2.39. The summed E-state index contributed by atoms with van der Waals surface area (Å²) >= 11 is 5.83. The number of aromatic nitrogens is 1. The number of hydrogen-bond donors (Lipinski definition) is 0. The Morgan fingerprint density at radius 1 is 1.00 bits per heavy atom. The number of benzene rings is 1. The van der Waals surface area contributed by atoms with Crippen LogP contribution >= 0.6 is 11.6 Å². The van der Waals surface area contributed by atoms with E-state index in [1.54, 1.807) is 12.1 Å². The van der Waals surface area contributed by atoms with Gasteiger partial charge in [0.15, 0.2) is 0 Å². The van der Waals surface area contributed by atoms with Gasteiger partial charge in [0.1, 0.15) is 10.9 Å². The van der Waals surface area contributed by atoms with E-state index in [9.17, 15) is 0 Å². The van der Waals surface area contributed by atoms with E-state index in [0.29, 0.717) is 11.0 Å². The van der Waals surface area contributed by atoms with Gasteiger partial charge in [-0.15, -0.1) is 0 Å². The summed E-state index contributed by atoms with van der Waals surface area (Å²) < 4.78 is 5.81. The molecule has 0 saturated carbocycles. The number of hydrogen-bond acceptors (Lipinski definition) is 2. The predicted octanol–water partition coefficient (Wildman–Crippen LogP) is 4.45. The second-order valence-corrected chi connectivity index (χ2v) is 4.44. The van der Waals surface area contributed by atoms with Crippen LogP contribution in [-0.2, 0) is 0 Å². The van der Waals surface area contributed by atoms with Crippen LogP contribution in [-0.4, -0.2) is 4.98 Å². The first-order valence-electron chi connectivity index (χ1n) is 5.45. The van der Waals surface area contributed by atoms with E-state index in [2.05, 4.69) is 18.0 Å². The largest absolute Gasteiger partial charge is 0.438 e. The van der Waals surface area contributed by atoms with Crippen LogP contribution < -0.4 is 4.74 Å². The molecule has 1 heterocycles. The van der Waals surface area contributed by atoms with Gasteiger partial charge in [-0.25, -0.2) is 4.98 Å². The molecular formula is C14H14ClNO. The fourth-order valence-electron chi connectivity index (χ4n) is 1.63. The van der Waals surface area contributed by atoms with E-state index in [-0.39, 0.29) is 0 Å². The molecule has 0 spiro atoms. The van der Waals surface area contributed by atoms with Crippen LogP contribution in [0, 0.1) is 20.8 Å². The number of rotatable bonds is 2. The zero-order chi connectivity index (χ0) is 12.4. The summed E-state index contributed by atoms with van der Waals surface area (Å²) in [5.74, 6) is 1.38. The first-order valence-corrected chi connectivity index (χ1v) is 5.83. The predicted molar refractivity (Wildman–Crippen MR) is 70.0 cm³/mol. The second-order valence-electron chi connectivity index (χ2n) is 4.05. The third-order valence-electron chi connectivity index (χ3n) is 2.77. The minimum atomic E-state index is 0.436. The Bertz CT molecular complexity index is 552. The lowest BCUT2D eigenvalue weighted by Crippen LogP contribution is -1.95. The molecule has 0 bridgehead atoms. The van der Waals surface area contributed by atoms with E-state index in [1.807, 2.05) is 26.0 Å². The van der Waals surface area contributed by atoms with Gasteiger partial charge in [-0.3, -0.25) is 0 Å². The SMILES string of the molecule is Cc1ccc(C)c(Oc2cccc(Cl)n2)c1C. The molecule has 0 unspecified atom stereocenters. The van der Waals surface area contributed by atoms with Gasteiger partial charge in [0, 0.05) is 6.07 Å². The summed E-state index contributed by atoms with van der Waals surface area (Å²) in [6, 6.07) is 9.48. The summed E-state index contributed by atoms with van der Waals surface area (Å²) in [6.45, 7) is 6.13. The summed E-state index contributed by atoms with van der Waals surface area (Å²) in [6.07, 6.45) is 0. The molecule has 0 N–H and O–H groups in total. The fraction of sp³-hybridized carbons (Fsp3) is 0.214. The normalized spacial score (nSPS) is 10.4. The first-order chi connectivity index (χ1) is 8.08. The lowest BCUT2D eigenvalue weighted by molar-refractivity contribution is 0.455. The smallest absolute Gasteiger partial charge is 0.220 e. The Kier molecular flexibility index (Phi) is 3.34. The Hall–Kier alpha value is -1.54.